The minimum absolute atomic E-state index is 0.330. The van der Waals surface area contributed by atoms with Crippen LogP contribution in [-0.2, 0) is 0 Å². The number of hydrogen-bond donors (Lipinski definition) is 1. The van der Waals surface area contributed by atoms with Crippen LogP contribution in [0.4, 0.5) is 0 Å². The van der Waals surface area contributed by atoms with Crippen molar-refractivity contribution in [2.24, 2.45) is 10.9 Å². The zero-order valence-corrected chi connectivity index (χ0v) is 8.47. The summed E-state index contributed by atoms with van der Waals surface area (Å²) in [5, 5.41) is 10.1. The van der Waals surface area contributed by atoms with Gasteiger partial charge in [0, 0.05) is 18.3 Å². The normalized spacial score (nSPS) is 25.4. The van der Waals surface area contributed by atoms with E-state index >= 15 is 0 Å². The van der Waals surface area contributed by atoms with Crippen LogP contribution in [0, 0.1) is 5.92 Å². The molecule has 1 heterocycles. The Labute approximate surface area is 85.1 Å². The largest absolute Gasteiger partial charge is 0.373 e. The number of aliphatic hydroxyl groups is 1. The summed E-state index contributed by atoms with van der Waals surface area (Å²) >= 11 is 0. The first-order chi connectivity index (χ1) is 6.88. The second-order valence-electron chi connectivity index (χ2n) is 4.14. The topological polar surface area (TPSA) is 35.8 Å². The van der Waals surface area contributed by atoms with E-state index in [0.29, 0.717) is 12.6 Å². The number of allylic oxidation sites excluding steroid dienone is 1. The van der Waals surface area contributed by atoms with Crippen LogP contribution in [0.2, 0.25) is 0 Å². The van der Waals surface area contributed by atoms with E-state index in [1.807, 2.05) is 17.2 Å². The summed E-state index contributed by atoms with van der Waals surface area (Å²) in [6.07, 6.45) is 11.5. The lowest BCUT2D eigenvalue weighted by Crippen LogP contribution is -2.38. The molecule has 2 rings (SSSR count). The molecule has 1 unspecified atom stereocenters. The third-order valence-corrected chi connectivity index (χ3v) is 3.13. The summed E-state index contributed by atoms with van der Waals surface area (Å²) in [6.45, 7) is 0.605. The third kappa shape index (κ3) is 2.15. The van der Waals surface area contributed by atoms with Crippen molar-refractivity contribution in [3.05, 3.63) is 12.3 Å². The van der Waals surface area contributed by atoms with Crippen molar-refractivity contribution < 1.29 is 5.11 Å². The van der Waals surface area contributed by atoms with E-state index in [1.54, 1.807) is 6.21 Å². The Balaban J connectivity index is 1.89. The van der Waals surface area contributed by atoms with Crippen LogP contribution in [-0.4, -0.2) is 29.1 Å². The van der Waals surface area contributed by atoms with Crippen molar-refractivity contribution in [2.75, 3.05) is 6.67 Å². The molecule has 2 aliphatic rings. The molecule has 1 fully saturated rings. The zero-order chi connectivity index (χ0) is 9.80. The van der Waals surface area contributed by atoms with E-state index in [4.69, 9.17) is 0 Å². The molecule has 0 aromatic heterocycles. The second kappa shape index (κ2) is 4.60. The Hall–Kier alpha value is -0.830. The first kappa shape index (κ1) is 9.71. The maximum absolute atomic E-state index is 10.1. The summed E-state index contributed by atoms with van der Waals surface area (Å²) in [5.41, 5.74) is 0. The van der Waals surface area contributed by atoms with Gasteiger partial charge in [-0.25, -0.2) is 0 Å². The molecule has 0 radical (unpaired) electrons. The Morgan fingerprint density at radius 3 is 2.71 bits per heavy atom. The highest BCUT2D eigenvalue weighted by atomic mass is 16.3. The molecule has 14 heavy (non-hydrogen) atoms. The molecular formula is C11H18N2O. The van der Waals surface area contributed by atoms with Gasteiger partial charge in [0.25, 0.3) is 0 Å². The Kier molecular flexibility index (Phi) is 3.19. The molecule has 0 spiro atoms. The van der Waals surface area contributed by atoms with Gasteiger partial charge in [0.05, 0.1) is 0 Å². The van der Waals surface area contributed by atoms with Crippen molar-refractivity contribution in [3.63, 3.8) is 0 Å². The standard InChI is InChI=1S/C11H18N2O/c14-11(10-5-2-1-3-6-10)13-8-4-7-12-9-13/h4,7-8,10-11,14H,1-3,5-6,9H2. The molecule has 78 valence electrons. The van der Waals surface area contributed by atoms with Gasteiger partial charge in [0.15, 0.2) is 0 Å². The van der Waals surface area contributed by atoms with E-state index in [-0.39, 0.29) is 6.23 Å². The van der Waals surface area contributed by atoms with Crippen LogP contribution in [0.15, 0.2) is 17.3 Å². The van der Waals surface area contributed by atoms with Crippen LogP contribution in [0.5, 0.6) is 0 Å². The van der Waals surface area contributed by atoms with Crippen molar-refractivity contribution in [1.82, 2.24) is 4.90 Å². The van der Waals surface area contributed by atoms with Crippen molar-refractivity contribution in [3.8, 4) is 0 Å². The lowest BCUT2D eigenvalue weighted by molar-refractivity contribution is -0.0231. The van der Waals surface area contributed by atoms with E-state index in [9.17, 15) is 5.11 Å². The third-order valence-electron chi connectivity index (χ3n) is 3.13. The predicted molar refractivity (Wildman–Crippen MR) is 56.9 cm³/mol. The molecule has 1 atom stereocenters. The van der Waals surface area contributed by atoms with E-state index in [1.165, 1.54) is 19.3 Å². The highest BCUT2D eigenvalue weighted by molar-refractivity contribution is 5.71. The van der Waals surface area contributed by atoms with Gasteiger partial charge in [0.1, 0.15) is 12.9 Å². The highest BCUT2D eigenvalue weighted by Gasteiger charge is 2.25. The van der Waals surface area contributed by atoms with Crippen molar-refractivity contribution in [2.45, 2.75) is 38.3 Å². The van der Waals surface area contributed by atoms with E-state index in [0.717, 1.165) is 12.8 Å². The van der Waals surface area contributed by atoms with Gasteiger partial charge in [0.2, 0.25) is 0 Å². The Morgan fingerprint density at radius 1 is 1.29 bits per heavy atom. The predicted octanol–water partition coefficient (Wildman–Crippen LogP) is 1.74. The summed E-state index contributed by atoms with van der Waals surface area (Å²) in [4.78, 5) is 6.06. The minimum Gasteiger partial charge on any atom is -0.373 e. The quantitative estimate of drug-likeness (QED) is 0.727. The van der Waals surface area contributed by atoms with Gasteiger partial charge in [-0.15, -0.1) is 0 Å². The lowest BCUT2D eigenvalue weighted by Gasteiger charge is -2.34. The zero-order valence-electron chi connectivity index (χ0n) is 8.47. The first-order valence-corrected chi connectivity index (χ1v) is 5.48. The van der Waals surface area contributed by atoms with Crippen LogP contribution < -0.4 is 0 Å². The molecule has 3 heteroatoms. The summed E-state index contributed by atoms with van der Waals surface area (Å²) in [5.74, 6) is 0.446. The molecule has 0 amide bonds. The van der Waals surface area contributed by atoms with Crippen LogP contribution in [0.25, 0.3) is 0 Å². The molecule has 0 saturated heterocycles. The number of nitrogens with zero attached hydrogens (tertiary/aromatic N) is 2. The fourth-order valence-corrected chi connectivity index (χ4v) is 2.27. The van der Waals surface area contributed by atoms with Crippen LogP contribution in [0.3, 0.4) is 0 Å². The fraction of sp³-hybridized carbons (Fsp3) is 0.727. The van der Waals surface area contributed by atoms with Gasteiger partial charge in [-0.05, 0) is 18.9 Å². The molecule has 0 aromatic rings. The average Bonchev–Trinajstić information content (AvgIpc) is 2.30. The highest BCUT2D eigenvalue weighted by Crippen LogP contribution is 2.28. The SMILES string of the molecule is OC(C1CCCCC1)N1C=CC=NC1. The molecule has 1 N–H and O–H groups in total. The van der Waals surface area contributed by atoms with Gasteiger partial charge in [-0.3, -0.25) is 4.99 Å². The molecule has 0 bridgehead atoms. The molecule has 3 nitrogen and oxygen atoms in total. The van der Waals surface area contributed by atoms with E-state index in [2.05, 4.69) is 4.99 Å². The molecule has 1 aliphatic carbocycles. The smallest absolute Gasteiger partial charge is 0.130 e. The maximum Gasteiger partial charge on any atom is 0.130 e. The second-order valence-corrected chi connectivity index (χ2v) is 4.14. The number of rotatable bonds is 2. The first-order valence-electron chi connectivity index (χ1n) is 5.48. The summed E-state index contributed by atoms with van der Waals surface area (Å²) < 4.78 is 0. The van der Waals surface area contributed by atoms with E-state index < -0.39 is 0 Å². The molecular weight excluding hydrogens is 176 g/mol. The van der Waals surface area contributed by atoms with Crippen molar-refractivity contribution in [1.29, 1.82) is 0 Å². The van der Waals surface area contributed by atoms with Gasteiger partial charge >= 0.3 is 0 Å². The number of aliphatic hydroxyl groups excluding tert-OH is 1. The maximum atomic E-state index is 10.1. The fourth-order valence-electron chi connectivity index (χ4n) is 2.27. The molecule has 1 saturated carbocycles. The number of aliphatic imine (C=N–C) groups is 1. The monoisotopic (exact) mass is 194 g/mol. The Bertz CT molecular complexity index is 231. The lowest BCUT2D eigenvalue weighted by atomic mass is 9.87. The van der Waals surface area contributed by atoms with Crippen LogP contribution >= 0.6 is 0 Å². The number of hydrogen-bond acceptors (Lipinski definition) is 3. The van der Waals surface area contributed by atoms with Crippen LogP contribution in [0.1, 0.15) is 32.1 Å². The average molecular weight is 194 g/mol. The molecule has 1 aliphatic heterocycles. The summed E-state index contributed by atoms with van der Waals surface area (Å²) in [7, 11) is 0. The van der Waals surface area contributed by atoms with Gasteiger partial charge in [-0.2, -0.15) is 0 Å². The van der Waals surface area contributed by atoms with Gasteiger partial charge in [-0.1, -0.05) is 19.3 Å². The Morgan fingerprint density at radius 2 is 2.07 bits per heavy atom. The van der Waals surface area contributed by atoms with Crippen molar-refractivity contribution >= 4 is 6.21 Å². The minimum atomic E-state index is -0.330. The molecule has 0 aromatic carbocycles. The van der Waals surface area contributed by atoms with Gasteiger partial charge < -0.3 is 10.0 Å². The summed E-state index contributed by atoms with van der Waals surface area (Å²) in [6, 6.07) is 0.